The first-order chi connectivity index (χ1) is 12.0. The molecule has 0 aliphatic rings. The normalized spacial score (nSPS) is 11.8. The van der Waals surface area contributed by atoms with E-state index in [1.807, 2.05) is 80.5 Å². The average molecular weight is 338 g/mol. The van der Waals surface area contributed by atoms with Crippen molar-refractivity contribution >= 4 is 23.7 Å². The summed E-state index contributed by atoms with van der Waals surface area (Å²) in [6.45, 7) is 1.82. The zero-order valence-electron chi connectivity index (χ0n) is 14.6. The molecule has 2 N–H and O–H groups in total. The van der Waals surface area contributed by atoms with Crippen LogP contribution in [0.4, 0.5) is 5.69 Å². The molecule has 0 bridgehead atoms. The molecular weight excluding hydrogens is 316 g/mol. The molecule has 0 heterocycles. The van der Waals surface area contributed by atoms with Gasteiger partial charge in [-0.15, -0.1) is 0 Å². The lowest BCUT2D eigenvalue weighted by molar-refractivity contribution is -0.139. The van der Waals surface area contributed by atoms with Gasteiger partial charge in [0.1, 0.15) is 0 Å². The topological polar surface area (TPSA) is 73.8 Å². The van der Waals surface area contributed by atoms with Gasteiger partial charge in [0.25, 0.3) is 0 Å². The fourth-order valence-corrected chi connectivity index (χ4v) is 2.16. The number of rotatable bonds is 5. The van der Waals surface area contributed by atoms with E-state index in [0.29, 0.717) is 0 Å². The van der Waals surface area contributed by atoms with Crippen molar-refractivity contribution in [1.29, 1.82) is 0 Å². The molecule has 1 atom stereocenters. The van der Waals surface area contributed by atoms with E-state index in [-0.39, 0.29) is 6.04 Å². The first kappa shape index (κ1) is 18.2. The molecule has 0 fully saturated rings. The van der Waals surface area contributed by atoms with Crippen LogP contribution in [-0.4, -0.2) is 32.1 Å². The van der Waals surface area contributed by atoms with E-state index in [2.05, 4.69) is 15.8 Å². The van der Waals surface area contributed by atoms with Crippen molar-refractivity contribution in [3.63, 3.8) is 0 Å². The summed E-state index contributed by atoms with van der Waals surface area (Å²) >= 11 is 0. The number of carbonyl (C=O) groups excluding carboxylic acids is 2. The van der Waals surface area contributed by atoms with E-state index >= 15 is 0 Å². The lowest BCUT2D eigenvalue weighted by atomic mass is 10.1. The van der Waals surface area contributed by atoms with Gasteiger partial charge in [0.05, 0.1) is 12.3 Å². The Morgan fingerprint density at radius 3 is 2.24 bits per heavy atom. The van der Waals surface area contributed by atoms with Crippen LogP contribution in [0.15, 0.2) is 59.7 Å². The minimum Gasteiger partial charge on any atom is -0.378 e. The number of benzene rings is 2. The van der Waals surface area contributed by atoms with Crippen LogP contribution in [0.3, 0.4) is 0 Å². The molecule has 0 saturated heterocycles. The van der Waals surface area contributed by atoms with E-state index in [4.69, 9.17) is 0 Å². The summed E-state index contributed by atoms with van der Waals surface area (Å²) in [6.07, 6.45) is 1.49. The zero-order chi connectivity index (χ0) is 18.2. The molecule has 0 saturated carbocycles. The number of hydrazone groups is 1. The fourth-order valence-electron chi connectivity index (χ4n) is 2.16. The number of amides is 2. The van der Waals surface area contributed by atoms with Gasteiger partial charge in [0, 0.05) is 19.8 Å². The van der Waals surface area contributed by atoms with Crippen molar-refractivity contribution in [3.05, 3.63) is 65.7 Å². The summed E-state index contributed by atoms with van der Waals surface area (Å²) in [4.78, 5) is 25.7. The maximum Gasteiger partial charge on any atom is 0.329 e. The lowest BCUT2D eigenvalue weighted by Gasteiger charge is -2.13. The van der Waals surface area contributed by atoms with Crippen molar-refractivity contribution in [2.75, 3.05) is 19.0 Å². The Kier molecular flexibility index (Phi) is 6.28. The third kappa shape index (κ3) is 5.46. The highest BCUT2D eigenvalue weighted by molar-refractivity contribution is 6.35. The second-order valence-electron chi connectivity index (χ2n) is 5.79. The summed E-state index contributed by atoms with van der Waals surface area (Å²) in [6, 6.07) is 16.8. The van der Waals surface area contributed by atoms with Gasteiger partial charge in [-0.05, 0) is 30.2 Å². The second kappa shape index (κ2) is 8.63. The predicted octanol–water partition coefficient (Wildman–Crippen LogP) is 2.08. The van der Waals surface area contributed by atoms with Crippen molar-refractivity contribution in [2.45, 2.75) is 13.0 Å². The standard InChI is InChI=1S/C19H22N4O2/c1-14(16-7-5-4-6-8-16)21-18(24)19(25)22-20-13-15-9-11-17(12-10-15)23(2)3/h4-14H,1-3H3,(H,21,24)(H,22,25)/b20-13-/t14-/m1/s1. The first-order valence-corrected chi connectivity index (χ1v) is 7.93. The van der Waals surface area contributed by atoms with Crippen LogP contribution in [0.2, 0.25) is 0 Å². The molecule has 6 heteroatoms. The quantitative estimate of drug-likeness (QED) is 0.498. The summed E-state index contributed by atoms with van der Waals surface area (Å²) in [7, 11) is 3.91. The number of carbonyl (C=O) groups is 2. The van der Waals surface area contributed by atoms with Crippen LogP contribution in [0.25, 0.3) is 0 Å². The molecule has 2 aromatic carbocycles. The smallest absolute Gasteiger partial charge is 0.329 e. The van der Waals surface area contributed by atoms with Gasteiger partial charge in [-0.2, -0.15) is 5.10 Å². The van der Waals surface area contributed by atoms with Crippen LogP contribution in [-0.2, 0) is 9.59 Å². The van der Waals surface area contributed by atoms with Gasteiger partial charge >= 0.3 is 11.8 Å². The summed E-state index contributed by atoms with van der Waals surface area (Å²) < 4.78 is 0. The molecule has 0 radical (unpaired) electrons. The first-order valence-electron chi connectivity index (χ1n) is 7.93. The summed E-state index contributed by atoms with van der Waals surface area (Å²) in [5.74, 6) is -1.53. The van der Waals surface area contributed by atoms with Crippen molar-refractivity contribution in [1.82, 2.24) is 10.7 Å². The monoisotopic (exact) mass is 338 g/mol. The van der Waals surface area contributed by atoms with Gasteiger partial charge in [-0.25, -0.2) is 5.43 Å². The summed E-state index contributed by atoms with van der Waals surface area (Å²) in [5.41, 5.74) is 5.05. The minimum atomic E-state index is -0.802. The van der Waals surface area contributed by atoms with Gasteiger partial charge < -0.3 is 10.2 Å². The Morgan fingerprint density at radius 1 is 1.00 bits per heavy atom. The molecule has 2 amide bonds. The van der Waals surface area contributed by atoms with E-state index in [9.17, 15) is 9.59 Å². The third-order valence-corrected chi connectivity index (χ3v) is 3.64. The van der Waals surface area contributed by atoms with Crippen molar-refractivity contribution in [2.24, 2.45) is 5.10 Å². The Hall–Kier alpha value is -3.15. The van der Waals surface area contributed by atoms with E-state index in [0.717, 1.165) is 16.8 Å². The highest BCUT2D eigenvalue weighted by Gasteiger charge is 2.16. The molecule has 25 heavy (non-hydrogen) atoms. The zero-order valence-corrected chi connectivity index (χ0v) is 14.6. The molecule has 130 valence electrons. The molecule has 2 aromatic rings. The molecule has 0 spiro atoms. The van der Waals surface area contributed by atoms with Gasteiger partial charge in [0.15, 0.2) is 0 Å². The number of hydrogen-bond donors (Lipinski definition) is 2. The van der Waals surface area contributed by atoms with Crippen LogP contribution < -0.4 is 15.6 Å². The molecule has 0 aromatic heterocycles. The molecular formula is C19H22N4O2. The van der Waals surface area contributed by atoms with Crippen molar-refractivity contribution in [3.8, 4) is 0 Å². The third-order valence-electron chi connectivity index (χ3n) is 3.64. The van der Waals surface area contributed by atoms with Crippen LogP contribution in [0.5, 0.6) is 0 Å². The minimum absolute atomic E-state index is 0.262. The molecule has 6 nitrogen and oxygen atoms in total. The number of nitrogens with one attached hydrogen (secondary N) is 2. The van der Waals surface area contributed by atoms with Gasteiger partial charge in [-0.1, -0.05) is 42.5 Å². The van der Waals surface area contributed by atoms with E-state index in [1.54, 1.807) is 0 Å². The number of anilines is 1. The van der Waals surface area contributed by atoms with E-state index < -0.39 is 11.8 Å². The SMILES string of the molecule is C[C@@H](NC(=O)C(=O)N/N=C\c1ccc(N(C)C)cc1)c1ccccc1. The Labute approximate surface area is 147 Å². The average Bonchev–Trinajstić information content (AvgIpc) is 2.62. The Balaban J connectivity index is 1.85. The maximum absolute atomic E-state index is 11.9. The number of nitrogens with zero attached hydrogens (tertiary/aromatic N) is 2. The van der Waals surface area contributed by atoms with Crippen molar-refractivity contribution < 1.29 is 9.59 Å². The van der Waals surface area contributed by atoms with Crippen LogP contribution in [0.1, 0.15) is 24.1 Å². The summed E-state index contributed by atoms with van der Waals surface area (Å²) in [5, 5.41) is 6.45. The molecule has 2 rings (SSSR count). The molecule has 0 aliphatic carbocycles. The highest BCUT2D eigenvalue weighted by Crippen LogP contribution is 2.11. The van der Waals surface area contributed by atoms with Gasteiger partial charge in [-0.3, -0.25) is 9.59 Å². The predicted molar refractivity (Wildman–Crippen MR) is 99.5 cm³/mol. The molecule has 0 unspecified atom stereocenters. The fraction of sp³-hybridized carbons (Fsp3) is 0.211. The largest absolute Gasteiger partial charge is 0.378 e. The van der Waals surface area contributed by atoms with Gasteiger partial charge in [0.2, 0.25) is 0 Å². The van der Waals surface area contributed by atoms with Crippen LogP contribution >= 0.6 is 0 Å². The number of hydrogen-bond acceptors (Lipinski definition) is 4. The molecule has 0 aliphatic heterocycles. The Morgan fingerprint density at radius 2 is 1.64 bits per heavy atom. The Bertz CT molecular complexity index is 740. The van der Waals surface area contributed by atoms with Crippen LogP contribution in [0, 0.1) is 0 Å². The maximum atomic E-state index is 11.9. The van der Waals surface area contributed by atoms with E-state index in [1.165, 1.54) is 6.21 Å². The lowest BCUT2D eigenvalue weighted by Crippen LogP contribution is -2.39. The second-order valence-corrected chi connectivity index (χ2v) is 5.79. The highest BCUT2D eigenvalue weighted by atomic mass is 16.2.